The van der Waals surface area contributed by atoms with Crippen molar-refractivity contribution in [3.05, 3.63) is 0 Å². The van der Waals surface area contributed by atoms with Crippen LogP contribution < -0.4 is 0 Å². The first-order chi connectivity index (χ1) is 5.48. The van der Waals surface area contributed by atoms with E-state index in [4.69, 9.17) is 10.2 Å². The molecule has 0 heterocycles. The van der Waals surface area contributed by atoms with Gasteiger partial charge in [-0.2, -0.15) is 4.39 Å². The maximum atomic E-state index is 12.5. The molecule has 4 heteroatoms. The van der Waals surface area contributed by atoms with E-state index in [9.17, 15) is 8.78 Å². The molecule has 0 aromatic heterocycles. The van der Waals surface area contributed by atoms with E-state index in [-0.39, 0.29) is 6.42 Å². The van der Waals surface area contributed by atoms with Crippen LogP contribution in [0.3, 0.4) is 0 Å². The first-order valence-corrected chi connectivity index (χ1v) is 4.26. The Kier molecular flexibility index (Phi) is 5.33. The van der Waals surface area contributed by atoms with Gasteiger partial charge in [-0.1, -0.05) is 32.6 Å². The molecule has 0 rings (SSSR count). The van der Waals surface area contributed by atoms with Gasteiger partial charge in [0.15, 0.2) is 6.17 Å². The molecular weight excluding hydrogens is 166 g/mol. The highest BCUT2D eigenvalue weighted by atomic mass is 19.2. The Morgan fingerprint density at radius 2 is 1.83 bits per heavy atom. The summed E-state index contributed by atoms with van der Waals surface area (Å²) in [6.45, 7) is 2.00. The van der Waals surface area contributed by atoms with Crippen LogP contribution in [0.25, 0.3) is 0 Å². The van der Waals surface area contributed by atoms with E-state index < -0.39 is 12.2 Å². The summed E-state index contributed by atoms with van der Waals surface area (Å²) < 4.78 is 24.5. The van der Waals surface area contributed by atoms with Crippen LogP contribution in [-0.4, -0.2) is 22.4 Å². The van der Waals surface area contributed by atoms with Crippen molar-refractivity contribution in [2.75, 3.05) is 0 Å². The van der Waals surface area contributed by atoms with Gasteiger partial charge in [0.1, 0.15) is 0 Å². The van der Waals surface area contributed by atoms with Crippen LogP contribution >= 0.6 is 0 Å². The Morgan fingerprint density at radius 3 is 2.25 bits per heavy atom. The smallest absolute Gasteiger partial charge is 0.338 e. The molecule has 12 heavy (non-hydrogen) atoms. The molecule has 0 aliphatic heterocycles. The molecule has 74 valence electrons. The second kappa shape index (κ2) is 5.43. The van der Waals surface area contributed by atoms with Crippen LogP contribution in [0, 0.1) is 0 Å². The van der Waals surface area contributed by atoms with Gasteiger partial charge < -0.3 is 10.2 Å². The summed E-state index contributed by atoms with van der Waals surface area (Å²) in [6, 6.07) is -3.66. The summed E-state index contributed by atoms with van der Waals surface area (Å²) in [5.74, 6) is 0. The average Bonchev–Trinajstić information content (AvgIpc) is 1.96. The fourth-order valence-corrected chi connectivity index (χ4v) is 0.934. The zero-order valence-corrected chi connectivity index (χ0v) is 7.26. The molecule has 0 amide bonds. The summed E-state index contributed by atoms with van der Waals surface area (Å²) in [5.41, 5.74) is 0. The summed E-state index contributed by atoms with van der Waals surface area (Å²) >= 11 is 0. The summed E-state index contributed by atoms with van der Waals surface area (Å²) in [4.78, 5) is 0. The zero-order chi connectivity index (χ0) is 9.61. The van der Waals surface area contributed by atoms with Crippen molar-refractivity contribution in [1.82, 2.24) is 0 Å². The van der Waals surface area contributed by atoms with Crippen molar-refractivity contribution in [3.63, 3.8) is 0 Å². The highest BCUT2D eigenvalue weighted by molar-refractivity contribution is 4.63. The van der Waals surface area contributed by atoms with Gasteiger partial charge in [-0.15, -0.1) is 0 Å². The molecule has 2 nitrogen and oxygen atoms in total. The third kappa shape index (κ3) is 5.43. The number of rotatable bonds is 6. The van der Waals surface area contributed by atoms with Crippen molar-refractivity contribution in [2.24, 2.45) is 0 Å². The largest absolute Gasteiger partial charge is 0.347 e. The van der Waals surface area contributed by atoms with Gasteiger partial charge in [0.05, 0.1) is 0 Å². The fourth-order valence-electron chi connectivity index (χ4n) is 0.934. The number of aliphatic hydroxyl groups is 2. The van der Waals surface area contributed by atoms with E-state index in [1.54, 1.807) is 0 Å². The lowest BCUT2D eigenvalue weighted by Gasteiger charge is -2.15. The van der Waals surface area contributed by atoms with Crippen molar-refractivity contribution >= 4 is 0 Å². The molecule has 0 aromatic rings. The Hall–Kier alpha value is -0.220. The van der Waals surface area contributed by atoms with Crippen molar-refractivity contribution < 1.29 is 19.0 Å². The van der Waals surface area contributed by atoms with Crippen LogP contribution in [0.2, 0.25) is 0 Å². The van der Waals surface area contributed by atoms with Crippen LogP contribution in [0.4, 0.5) is 8.78 Å². The second-order valence-corrected chi connectivity index (χ2v) is 2.95. The molecule has 0 fully saturated rings. The van der Waals surface area contributed by atoms with Gasteiger partial charge in [0.2, 0.25) is 0 Å². The third-order valence-electron chi connectivity index (χ3n) is 1.71. The molecule has 1 unspecified atom stereocenters. The van der Waals surface area contributed by atoms with Crippen molar-refractivity contribution in [3.8, 4) is 0 Å². The molecule has 0 aliphatic rings. The van der Waals surface area contributed by atoms with Gasteiger partial charge in [0, 0.05) is 0 Å². The van der Waals surface area contributed by atoms with E-state index in [0.717, 1.165) is 19.3 Å². The van der Waals surface area contributed by atoms with E-state index in [2.05, 4.69) is 0 Å². The first-order valence-electron chi connectivity index (χ1n) is 4.26. The van der Waals surface area contributed by atoms with E-state index in [1.807, 2.05) is 6.92 Å². The first kappa shape index (κ1) is 11.8. The zero-order valence-electron chi connectivity index (χ0n) is 7.26. The molecule has 0 radical (unpaired) electrons. The fraction of sp³-hybridized carbons (Fsp3) is 1.00. The Morgan fingerprint density at radius 1 is 1.25 bits per heavy atom. The van der Waals surface area contributed by atoms with Crippen LogP contribution in [-0.2, 0) is 0 Å². The number of halogens is 2. The molecule has 0 spiro atoms. The van der Waals surface area contributed by atoms with E-state index in [0.29, 0.717) is 6.42 Å². The lowest BCUT2D eigenvalue weighted by atomic mass is 10.1. The summed E-state index contributed by atoms with van der Waals surface area (Å²) in [7, 11) is 0. The Balaban J connectivity index is 3.38. The van der Waals surface area contributed by atoms with Crippen LogP contribution in [0.5, 0.6) is 0 Å². The predicted octanol–water partition coefficient (Wildman–Crippen LogP) is 1.90. The summed E-state index contributed by atoms with van der Waals surface area (Å²) in [5, 5.41) is 16.3. The molecule has 2 N–H and O–H groups in total. The standard InChI is InChI=1S/C8H16F2O2/c1-2-3-4-5-6-7(9)8(10,11)12/h7,11-12H,2-6H2,1H3. The van der Waals surface area contributed by atoms with Crippen molar-refractivity contribution in [1.29, 1.82) is 0 Å². The van der Waals surface area contributed by atoms with Crippen LogP contribution in [0.1, 0.15) is 39.0 Å². The van der Waals surface area contributed by atoms with Gasteiger partial charge in [0.25, 0.3) is 0 Å². The monoisotopic (exact) mass is 182 g/mol. The molecule has 0 aliphatic carbocycles. The van der Waals surface area contributed by atoms with Crippen LogP contribution in [0.15, 0.2) is 0 Å². The Bertz CT molecular complexity index is 112. The third-order valence-corrected chi connectivity index (χ3v) is 1.71. The van der Waals surface area contributed by atoms with E-state index >= 15 is 0 Å². The van der Waals surface area contributed by atoms with Crippen molar-refractivity contribution in [2.45, 2.75) is 51.2 Å². The lowest BCUT2D eigenvalue weighted by molar-refractivity contribution is -0.294. The highest BCUT2D eigenvalue weighted by Crippen LogP contribution is 2.18. The van der Waals surface area contributed by atoms with Gasteiger partial charge in [-0.25, -0.2) is 4.39 Å². The number of alkyl halides is 2. The molecule has 1 atom stereocenters. The maximum Gasteiger partial charge on any atom is 0.347 e. The minimum atomic E-state index is -3.66. The maximum absolute atomic E-state index is 12.5. The van der Waals surface area contributed by atoms with Gasteiger partial charge in [-0.05, 0) is 6.42 Å². The minimum absolute atomic E-state index is 0.135. The van der Waals surface area contributed by atoms with Gasteiger partial charge in [-0.3, -0.25) is 0 Å². The quantitative estimate of drug-likeness (QED) is 0.486. The molecule has 0 saturated carbocycles. The second-order valence-electron chi connectivity index (χ2n) is 2.95. The SMILES string of the molecule is CCCCCCC(F)C(O)(O)F. The normalized spacial score (nSPS) is 14.8. The number of hydrogen-bond acceptors (Lipinski definition) is 2. The molecule has 0 aromatic carbocycles. The molecule has 0 saturated heterocycles. The van der Waals surface area contributed by atoms with Gasteiger partial charge >= 0.3 is 6.04 Å². The summed E-state index contributed by atoms with van der Waals surface area (Å²) in [6.07, 6.45) is 0.936. The number of hydrogen-bond donors (Lipinski definition) is 2. The predicted molar refractivity (Wildman–Crippen MR) is 41.9 cm³/mol. The highest BCUT2D eigenvalue weighted by Gasteiger charge is 2.33. The Labute approximate surface area is 71.2 Å². The molecule has 0 bridgehead atoms. The number of unbranched alkanes of at least 4 members (excludes halogenated alkanes) is 3. The minimum Gasteiger partial charge on any atom is -0.338 e. The average molecular weight is 182 g/mol. The topological polar surface area (TPSA) is 40.5 Å². The molecular formula is C8H16F2O2. The lowest BCUT2D eigenvalue weighted by Crippen LogP contribution is -2.34. The van der Waals surface area contributed by atoms with E-state index in [1.165, 1.54) is 0 Å².